The van der Waals surface area contributed by atoms with Crippen LogP contribution in [0.25, 0.3) is 0 Å². The summed E-state index contributed by atoms with van der Waals surface area (Å²) in [6.07, 6.45) is -0.541. The van der Waals surface area contributed by atoms with Gasteiger partial charge in [-0.25, -0.2) is 8.42 Å². The van der Waals surface area contributed by atoms with E-state index in [1.165, 1.54) is 0 Å². The van der Waals surface area contributed by atoms with Gasteiger partial charge in [-0.3, -0.25) is 0 Å². The molecule has 20 heavy (non-hydrogen) atoms. The second-order valence-corrected chi connectivity index (χ2v) is 7.46. The number of rotatable bonds is 5. The Balaban J connectivity index is 2.40. The quantitative estimate of drug-likeness (QED) is 0.886. The van der Waals surface area contributed by atoms with Crippen LogP contribution in [0, 0.1) is 0 Å². The van der Waals surface area contributed by atoms with Crippen LogP contribution in [0.15, 0.2) is 24.3 Å². The molecule has 0 aromatic heterocycles. The third-order valence-corrected chi connectivity index (χ3v) is 5.11. The topological polar surface area (TPSA) is 72.8 Å². The first-order valence-electron chi connectivity index (χ1n) is 6.30. The fourth-order valence-corrected chi connectivity index (χ4v) is 3.37. The van der Waals surface area contributed by atoms with Gasteiger partial charge in [-0.1, -0.05) is 30.7 Å². The number of sulfone groups is 1. The zero-order valence-corrected chi connectivity index (χ0v) is 12.7. The Morgan fingerprint density at radius 2 is 2.25 bits per heavy atom. The first kappa shape index (κ1) is 15.7. The van der Waals surface area contributed by atoms with Crippen LogP contribution in [0.4, 0.5) is 0 Å². The van der Waals surface area contributed by atoms with Gasteiger partial charge < -0.3 is 14.6 Å². The molecule has 0 amide bonds. The van der Waals surface area contributed by atoms with Gasteiger partial charge in [0, 0.05) is 16.3 Å². The first-order chi connectivity index (χ1) is 9.41. The lowest BCUT2D eigenvalue weighted by Gasteiger charge is -2.28. The summed E-state index contributed by atoms with van der Waals surface area (Å²) in [4.78, 5) is 0. The van der Waals surface area contributed by atoms with Gasteiger partial charge in [0.1, 0.15) is 11.9 Å². The monoisotopic (exact) mass is 320 g/mol. The molecule has 7 heteroatoms. The summed E-state index contributed by atoms with van der Waals surface area (Å²) in [7, 11) is -3.33. The molecule has 1 aliphatic rings. The third kappa shape index (κ3) is 3.32. The molecular formula is C13H17ClO5S. The smallest absolute Gasteiger partial charge is 0.209 e. The van der Waals surface area contributed by atoms with Gasteiger partial charge in [-0.2, -0.15) is 0 Å². The van der Waals surface area contributed by atoms with Gasteiger partial charge in [-0.05, 0) is 12.1 Å². The van der Waals surface area contributed by atoms with E-state index in [0.717, 1.165) is 0 Å². The van der Waals surface area contributed by atoms with Crippen molar-refractivity contribution in [2.75, 3.05) is 24.7 Å². The van der Waals surface area contributed by atoms with Crippen LogP contribution in [-0.4, -0.2) is 44.3 Å². The highest BCUT2D eigenvalue weighted by Gasteiger charge is 2.46. The molecular weight excluding hydrogens is 304 g/mol. The van der Waals surface area contributed by atoms with E-state index in [2.05, 4.69) is 0 Å². The summed E-state index contributed by atoms with van der Waals surface area (Å²) in [5.41, 5.74) is 0.540. The Labute approximate surface area is 123 Å². The van der Waals surface area contributed by atoms with Crippen LogP contribution in [0.5, 0.6) is 0 Å². The summed E-state index contributed by atoms with van der Waals surface area (Å²) in [5, 5.41) is 9.64. The van der Waals surface area contributed by atoms with E-state index in [1.54, 1.807) is 31.2 Å². The number of halogens is 1. The Morgan fingerprint density at radius 3 is 2.80 bits per heavy atom. The average molecular weight is 321 g/mol. The standard InChI is InChI=1S/C13H17ClO5S/c1-2-20(16,17)9-13(18-8-12(7-15)19-13)10-4-3-5-11(14)6-10/h3-6,12,15H,2,7-9H2,1H3/t12-,13-/m0/s1. The normalized spacial score (nSPS) is 26.9. The van der Waals surface area contributed by atoms with Crippen molar-refractivity contribution >= 4 is 21.4 Å². The highest BCUT2D eigenvalue weighted by molar-refractivity contribution is 7.91. The lowest BCUT2D eigenvalue weighted by atomic mass is 10.1. The van der Waals surface area contributed by atoms with Crippen molar-refractivity contribution in [2.45, 2.75) is 18.8 Å². The van der Waals surface area contributed by atoms with Gasteiger partial charge in [0.25, 0.3) is 0 Å². The molecule has 112 valence electrons. The summed E-state index contributed by atoms with van der Waals surface area (Å²) in [5.74, 6) is -1.70. The molecule has 1 heterocycles. The van der Waals surface area contributed by atoms with Gasteiger partial charge in [-0.15, -0.1) is 0 Å². The first-order valence-corrected chi connectivity index (χ1v) is 8.50. The molecule has 1 N–H and O–H groups in total. The molecule has 5 nitrogen and oxygen atoms in total. The lowest BCUT2D eigenvalue weighted by molar-refractivity contribution is -0.162. The average Bonchev–Trinajstić information content (AvgIpc) is 2.83. The Morgan fingerprint density at radius 1 is 1.50 bits per heavy atom. The molecule has 0 aliphatic carbocycles. The molecule has 0 saturated carbocycles. The highest BCUT2D eigenvalue weighted by Crippen LogP contribution is 2.36. The fraction of sp³-hybridized carbons (Fsp3) is 0.538. The lowest BCUT2D eigenvalue weighted by Crippen LogP contribution is -2.37. The van der Waals surface area contributed by atoms with E-state index in [1.807, 2.05) is 0 Å². The van der Waals surface area contributed by atoms with Crippen LogP contribution in [-0.2, 0) is 25.1 Å². The van der Waals surface area contributed by atoms with Crippen molar-refractivity contribution in [2.24, 2.45) is 0 Å². The number of aliphatic hydroxyl groups excluding tert-OH is 1. The molecule has 2 rings (SSSR count). The van der Waals surface area contributed by atoms with Crippen LogP contribution in [0.3, 0.4) is 0 Å². The number of benzene rings is 1. The van der Waals surface area contributed by atoms with Crippen molar-refractivity contribution in [3.05, 3.63) is 34.9 Å². The number of aliphatic hydroxyl groups is 1. The maximum absolute atomic E-state index is 12.0. The van der Waals surface area contributed by atoms with E-state index in [9.17, 15) is 13.5 Å². The summed E-state index contributed by atoms with van der Waals surface area (Å²) in [6.45, 7) is 1.48. The minimum atomic E-state index is -3.33. The molecule has 2 atom stereocenters. The van der Waals surface area contributed by atoms with Crippen molar-refractivity contribution in [1.82, 2.24) is 0 Å². The van der Waals surface area contributed by atoms with Crippen LogP contribution in [0.1, 0.15) is 12.5 Å². The molecule has 1 fully saturated rings. The number of hydrogen-bond donors (Lipinski definition) is 1. The van der Waals surface area contributed by atoms with Gasteiger partial charge in [0.05, 0.1) is 13.2 Å². The van der Waals surface area contributed by atoms with Crippen molar-refractivity contribution in [3.8, 4) is 0 Å². The van der Waals surface area contributed by atoms with E-state index in [-0.39, 0.29) is 24.7 Å². The molecule has 0 unspecified atom stereocenters. The van der Waals surface area contributed by atoms with Gasteiger partial charge in [0.2, 0.25) is 5.79 Å². The predicted molar refractivity (Wildman–Crippen MR) is 75.4 cm³/mol. The van der Waals surface area contributed by atoms with Crippen molar-refractivity contribution in [1.29, 1.82) is 0 Å². The minimum Gasteiger partial charge on any atom is -0.394 e. The van der Waals surface area contributed by atoms with Gasteiger partial charge in [0.15, 0.2) is 9.84 Å². The second-order valence-electron chi connectivity index (χ2n) is 4.67. The van der Waals surface area contributed by atoms with E-state index in [4.69, 9.17) is 21.1 Å². The number of hydrogen-bond acceptors (Lipinski definition) is 5. The zero-order valence-electron chi connectivity index (χ0n) is 11.1. The molecule has 0 radical (unpaired) electrons. The molecule has 1 saturated heterocycles. The minimum absolute atomic E-state index is 0.00811. The molecule has 1 aromatic rings. The van der Waals surface area contributed by atoms with Crippen molar-refractivity contribution in [3.63, 3.8) is 0 Å². The van der Waals surface area contributed by atoms with Crippen molar-refractivity contribution < 1.29 is 23.0 Å². The maximum atomic E-state index is 12.0. The molecule has 0 spiro atoms. The molecule has 0 bridgehead atoms. The van der Waals surface area contributed by atoms with E-state index < -0.39 is 21.7 Å². The summed E-state index contributed by atoms with van der Waals surface area (Å²) >= 11 is 5.95. The Kier molecular flexibility index (Phi) is 4.71. The van der Waals surface area contributed by atoms with E-state index >= 15 is 0 Å². The Bertz CT molecular complexity index is 574. The molecule has 1 aromatic carbocycles. The third-order valence-electron chi connectivity index (χ3n) is 3.18. The Hall–Kier alpha value is -0.660. The van der Waals surface area contributed by atoms with E-state index in [0.29, 0.717) is 10.6 Å². The zero-order chi connectivity index (χ0) is 14.8. The maximum Gasteiger partial charge on any atom is 0.209 e. The van der Waals surface area contributed by atoms with Gasteiger partial charge >= 0.3 is 0 Å². The van der Waals surface area contributed by atoms with Crippen LogP contribution < -0.4 is 0 Å². The SMILES string of the molecule is CCS(=O)(=O)C[C@]1(c2cccc(Cl)c2)OC[C@H](CO)O1. The number of ether oxygens (including phenoxy) is 2. The predicted octanol–water partition coefficient (Wildman–Crippen LogP) is 1.34. The second kappa shape index (κ2) is 5.99. The highest BCUT2D eigenvalue weighted by atomic mass is 35.5. The largest absolute Gasteiger partial charge is 0.394 e. The fourth-order valence-electron chi connectivity index (χ4n) is 2.08. The van der Waals surface area contributed by atoms with Crippen LogP contribution in [0.2, 0.25) is 5.02 Å². The van der Waals surface area contributed by atoms with Crippen LogP contribution >= 0.6 is 11.6 Å². The molecule has 1 aliphatic heterocycles. The summed E-state index contributed by atoms with van der Waals surface area (Å²) in [6, 6.07) is 6.71. The summed E-state index contributed by atoms with van der Waals surface area (Å²) < 4.78 is 35.2.